The summed E-state index contributed by atoms with van der Waals surface area (Å²) in [5.41, 5.74) is 3.84. The second-order valence-electron chi connectivity index (χ2n) is 8.43. The van der Waals surface area contributed by atoms with Crippen LogP contribution in [0.1, 0.15) is 56.1 Å². The van der Waals surface area contributed by atoms with Crippen molar-refractivity contribution >= 4 is 17.2 Å². The molecule has 1 N–H and O–H groups in total. The van der Waals surface area contributed by atoms with Crippen molar-refractivity contribution in [1.29, 1.82) is 0 Å². The second-order valence-corrected chi connectivity index (χ2v) is 9.15. The molecule has 138 valence electrons. The van der Waals surface area contributed by atoms with Crippen LogP contribution in [0.2, 0.25) is 0 Å². The topological polar surface area (TPSA) is 51.2 Å². The number of nitrogens with one attached hydrogen (secondary N) is 1. The van der Waals surface area contributed by atoms with Gasteiger partial charge in [-0.3, -0.25) is 4.79 Å². The molecule has 4 rings (SSSR count). The molecule has 0 spiro atoms. The SMILES string of the molecule is CC1(C)C2CCC1(C)C(NC(=O)c1cccc(OCc3cscn3)c1)C2. The molecule has 1 aromatic heterocycles. The number of thiazole rings is 1. The summed E-state index contributed by atoms with van der Waals surface area (Å²) < 4.78 is 5.78. The molecule has 3 atom stereocenters. The molecule has 3 unspecified atom stereocenters. The van der Waals surface area contributed by atoms with Gasteiger partial charge in [0.15, 0.2) is 0 Å². The van der Waals surface area contributed by atoms with E-state index < -0.39 is 0 Å². The van der Waals surface area contributed by atoms with Crippen LogP contribution in [-0.2, 0) is 6.61 Å². The quantitative estimate of drug-likeness (QED) is 0.832. The average molecular weight is 371 g/mol. The van der Waals surface area contributed by atoms with Crippen LogP contribution in [-0.4, -0.2) is 16.9 Å². The third kappa shape index (κ3) is 2.82. The molecule has 2 aliphatic carbocycles. The van der Waals surface area contributed by atoms with E-state index in [0.717, 1.165) is 12.1 Å². The maximum Gasteiger partial charge on any atom is 0.251 e. The number of benzene rings is 1. The molecule has 2 aromatic rings. The zero-order valence-electron chi connectivity index (χ0n) is 15.6. The van der Waals surface area contributed by atoms with Crippen LogP contribution in [0.15, 0.2) is 35.2 Å². The number of rotatable bonds is 5. The molecule has 1 amide bonds. The zero-order chi connectivity index (χ0) is 18.4. The van der Waals surface area contributed by atoms with Gasteiger partial charge in [-0.1, -0.05) is 26.8 Å². The van der Waals surface area contributed by atoms with Crippen LogP contribution in [0.4, 0.5) is 0 Å². The Kier molecular flexibility index (Phi) is 4.30. The Morgan fingerprint density at radius 3 is 2.88 bits per heavy atom. The highest BCUT2D eigenvalue weighted by atomic mass is 32.1. The van der Waals surface area contributed by atoms with Gasteiger partial charge in [0.2, 0.25) is 0 Å². The first-order valence-corrected chi connectivity index (χ1v) is 10.3. The lowest BCUT2D eigenvalue weighted by Gasteiger charge is -2.39. The summed E-state index contributed by atoms with van der Waals surface area (Å²) in [4.78, 5) is 17.1. The lowest BCUT2D eigenvalue weighted by atomic mass is 9.69. The molecule has 0 radical (unpaired) electrons. The summed E-state index contributed by atoms with van der Waals surface area (Å²) in [6, 6.07) is 7.68. The molecule has 0 saturated heterocycles. The van der Waals surface area contributed by atoms with Crippen LogP contribution in [0.25, 0.3) is 0 Å². The van der Waals surface area contributed by atoms with E-state index in [4.69, 9.17) is 4.74 Å². The summed E-state index contributed by atoms with van der Waals surface area (Å²) in [6.45, 7) is 7.50. The number of nitrogens with zero attached hydrogens (tertiary/aromatic N) is 1. The van der Waals surface area contributed by atoms with Crippen molar-refractivity contribution in [3.8, 4) is 5.75 Å². The maximum absolute atomic E-state index is 12.8. The summed E-state index contributed by atoms with van der Waals surface area (Å²) in [5.74, 6) is 1.41. The van der Waals surface area contributed by atoms with Crippen molar-refractivity contribution in [1.82, 2.24) is 10.3 Å². The van der Waals surface area contributed by atoms with Gasteiger partial charge in [0, 0.05) is 17.0 Å². The van der Waals surface area contributed by atoms with Crippen LogP contribution in [0.3, 0.4) is 0 Å². The van der Waals surface area contributed by atoms with Crippen LogP contribution < -0.4 is 10.1 Å². The van der Waals surface area contributed by atoms with Crippen molar-refractivity contribution in [3.63, 3.8) is 0 Å². The van der Waals surface area contributed by atoms with E-state index in [1.54, 1.807) is 16.8 Å². The first kappa shape index (κ1) is 17.5. The molecular formula is C21H26N2O2S. The van der Waals surface area contributed by atoms with Gasteiger partial charge in [-0.05, 0) is 54.2 Å². The van der Waals surface area contributed by atoms with Crippen LogP contribution >= 0.6 is 11.3 Å². The molecule has 2 bridgehead atoms. The molecule has 2 aliphatic rings. The third-order valence-electron chi connectivity index (χ3n) is 7.07. The molecule has 1 heterocycles. The van der Waals surface area contributed by atoms with Crippen molar-refractivity contribution in [2.75, 3.05) is 0 Å². The van der Waals surface area contributed by atoms with E-state index in [1.165, 1.54) is 12.8 Å². The number of aromatic nitrogens is 1. The molecule has 2 fully saturated rings. The number of fused-ring (bicyclic) bond motifs is 2. The monoisotopic (exact) mass is 370 g/mol. The van der Waals surface area contributed by atoms with Crippen molar-refractivity contribution in [2.24, 2.45) is 16.7 Å². The normalized spacial score (nSPS) is 28.9. The van der Waals surface area contributed by atoms with Crippen molar-refractivity contribution in [2.45, 2.75) is 52.7 Å². The second kappa shape index (κ2) is 6.38. The van der Waals surface area contributed by atoms with Crippen LogP contribution in [0.5, 0.6) is 5.75 Å². The molecule has 1 aromatic carbocycles. The van der Waals surface area contributed by atoms with Gasteiger partial charge in [-0.15, -0.1) is 11.3 Å². The molecule has 0 aliphatic heterocycles. The molecule has 4 nitrogen and oxygen atoms in total. The Morgan fingerprint density at radius 2 is 2.23 bits per heavy atom. The molecule has 5 heteroatoms. The minimum Gasteiger partial charge on any atom is -0.487 e. The summed E-state index contributed by atoms with van der Waals surface area (Å²) in [6.07, 6.45) is 3.58. The fraction of sp³-hybridized carbons (Fsp3) is 0.524. The summed E-state index contributed by atoms with van der Waals surface area (Å²) in [5, 5.41) is 5.28. The first-order valence-electron chi connectivity index (χ1n) is 9.31. The lowest BCUT2D eigenvalue weighted by Crippen LogP contribution is -2.46. The lowest BCUT2D eigenvalue weighted by molar-refractivity contribution is 0.0825. The Morgan fingerprint density at radius 1 is 1.38 bits per heavy atom. The van der Waals surface area contributed by atoms with Gasteiger partial charge in [0.25, 0.3) is 5.91 Å². The summed E-state index contributed by atoms with van der Waals surface area (Å²) >= 11 is 1.55. The fourth-order valence-corrected chi connectivity index (χ4v) is 5.40. The Balaban J connectivity index is 1.43. The molecule has 2 saturated carbocycles. The largest absolute Gasteiger partial charge is 0.487 e. The first-order chi connectivity index (χ1) is 12.4. The zero-order valence-corrected chi connectivity index (χ0v) is 16.4. The third-order valence-corrected chi connectivity index (χ3v) is 7.70. The van der Waals surface area contributed by atoms with E-state index in [0.29, 0.717) is 29.3 Å². The minimum atomic E-state index is -0.00122. The standard InChI is InChI=1S/C21H26N2O2S/c1-20(2)15-7-8-21(20,3)18(10-15)23-19(24)14-5-4-6-17(9-14)25-11-16-12-26-13-22-16/h4-6,9,12-13,15,18H,7-8,10-11H2,1-3H3,(H,23,24). The average Bonchev–Trinajstić information content (AvgIpc) is 3.26. The van der Waals surface area contributed by atoms with E-state index in [2.05, 4.69) is 31.1 Å². The Labute approximate surface area is 159 Å². The van der Waals surface area contributed by atoms with Gasteiger partial charge in [0.05, 0.1) is 11.2 Å². The highest BCUT2D eigenvalue weighted by Gasteiger charge is 2.61. The number of hydrogen-bond donors (Lipinski definition) is 1. The number of carbonyl (C=O) groups excluding carboxylic acids is 1. The summed E-state index contributed by atoms with van der Waals surface area (Å²) in [7, 11) is 0. The van der Waals surface area contributed by atoms with E-state index >= 15 is 0 Å². The van der Waals surface area contributed by atoms with Gasteiger partial charge < -0.3 is 10.1 Å². The highest BCUT2D eigenvalue weighted by Crippen LogP contribution is 2.65. The predicted octanol–water partition coefficient (Wildman–Crippen LogP) is 4.67. The van der Waals surface area contributed by atoms with E-state index in [-0.39, 0.29) is 17.4 Å². The van der Waals surface area contributed by atoms with Crippen molar-refractivity contribution in [3.05, 3.63) is 46.4 Å². The molecular weight excluding hydrogens is 344 g/mol. The Hall–Kier alpha value is -1.88. The van der Waals surface area contributed by atoms with E-state index in [1.807, 2.05) is 29.6 Å². The number of ether oxygens (including phenoxy) is 1. The van der Waals surface area contributed by atoms with E-state index in [9.17, 15) is 4.79 Å². The highest BCUT2D eigenvalue weighted by molar-refractivity contribution is 7.07. The number of carbonyl (C=O) groups is 1. The fourth-order valence-electron chi connectivity index (χ4n) is 4.86. The van der Waals surface area contributed by atoms with Gasteiger partial charge >= 0.3 is 0 Å². The number of amides is 1. The van der Waals surface area contributed by atoms with Crippen molar-refractivity contribution < 1.29 is 9.53 Å². The predicted molar refractivity (Wildman–Crippen MR) is 103 cm³/mol. The number of hydrogen-bond acceptors (Lipinski definition) is 4. The van der Waals surface area contributed by atoms with Gasteiger partial charge in [0.1, 0.15) is 12.4 Å². The van der Waals surface area contributed by atoms with Gasteiger partial charge in [-0.2, -0.15) is 0 Å². The minimum absolute atomic E-state index is 0.00122. The van der Waals surface area contributed by atoms with Gasteiger partial charge in [-0.25, -0.2) is 4.98 Å². The Bertz CT molecular complexity index is 802. The van der Waals surface area contributed by atoms with Crippen LogP contribution in [0, 0.1) is 16.7 Å². The smallest absolute Gasteiger partial charge is 0.251 e. The molecule has 26 heavy (non-hydrogen) atoms. The maximum atomic E-state index is 12.8.